The van der Waals surface area contributed by atoms with Gasteiger partial charge in [-0.05, 0) is 18.2 Å². The minimum Gasteiger partial charge on any atom is -0.478 e. The number of para-hydroxylation sites is 1. The third-order valence-corrected chi connectivity index (χ3v) is 2.90. The van der Waals surface area contributed by atoms with Gasteiger partial charge in [0.2, 0.25) is 0 Å². The highest BCUT2D eigenvalue weighted by Gasteiger charge is 2.10. The largest absolute Gasteiger partial charge is 0.478 e. The summed E-state index contributed by atoms with van der Waals surface area (Å²) in [6, 6.07) is 14.0. The highest BCUT2D eigenvalue weighted by atomic mass is 16.6. The van der Waals surface area contributed by atoms with E-state index in [1.54, 1.807) is 24.3 Å². The van der Waals surface area contributed by atoms with Crippen LogP contribution in [0.4, 0.5) is 5.69 Å². The molecule has 2 aromatic carbocycles. The highest BCUT2D eigenvalue weighted by molar-refractivity contribution is 5.95. The fourth-order valence-electron chi connectivity index (χ4n) is 1.81. The minimum atomic E-state index is -0.581. The van der Waals surface area contributed by atoms with E-state index in [0.29, 0.717) is 11.3 Å². The maximum atomic E-state index is 11.9. The molecule has 0 spiro atoms. The number of amides is 1. The number of ether oxygens (including phenoxy) is 1. The van der Waals surface area contributed by atoms with E-state index in [-0.39, 0.29) is 17.9 Å². The average molecular weight is 324 g/mol. The van der Waals surface area contributed by atoms with Gasteiger partial charge in [0.05, 0.1) is 11.1 Å². The van der Waals surface area contributed by atoms with E-state index in [9.17, 15) is 14.9 Å². The van der Waals surface area contributed by atoms with Crippen LogP contribution < -0.4 is 10.2 Å². The Hall–Kier alpha value is -3.73. The Bertz CT molecular complexity index is 827. The first-order chi connectivity index (χ1) is 11.6. The molecule has 24 heavy (non-hydrogen) atoms. The maximum Gasteiger partial charge on any atom is 0.271 e. The number of nitrogens with one attached hydrogen (secondary N) is 1. The van der Waals surface area contributed by atoms with Gasteiger partial charge < -0.3 is 4.74 Å². The van der Waals surface area contributed by atoms with Crippen molar-refractivity contribution in [1.29, 1.82) is 5.26 Å². The van der Waals surface area contributed by atoms with Crippen LogP contribution in [-0.2, 0) is 0 Å². The molecule has 0 radical (unpaired) electrons. The van der Waals surface area contributed by atoms with E-state index in [2.05, 4.69) is 10.5 Å². The Morgan fingerprint density at radius 1 is 1.33 bits per heavy atom. The smallest absolute Gasteiger partial charge is 0.271 e. The van der Waals surface area contributed by atoms with Gasteiger partial charge in [0, 0.05) is 23.3 Å². The average Bonchev–Trinajstić information content (AvgIpc) is 2.60. The summed E-state index contributed by atoms with van der Waals surface area (Å²) in [7, 11) is 0. The molecule has 0 fully saturated rings. The normalized spacial score (nSPS) is 10.1. The molecule has 0 saturated heterocycles. The van der Waals surface area contributed by atoms with Crippen molar-refractivity contribution in [3.8, 4) is 11.8 Å². The number of nitro benzene ring substituents is 1. The van der Waals surface area contributed by atoms with Crippen LogP contribution in [0.25, 0.3) is 0 Å². The molecule has 0 atom stereocenters. The summed E-state index contributed by atoms with van der Waals surface area (Å²) in [6.07, 6.45) is 1.36. The fourth-order valence-corrected chi connectivity index (χ4v) is 1.81. The van der Waals surface area contributed by atoms with Crippen LogP contribution in [-0.4, -0.2) is 23.7 Å². The lowest BCUT2D eigenvalue weighted by molar-refractivity contribution is -0.384. The van der Waals surface area contributed by atoms with Crippen molar-refractivity contribution in [2.75, 3.05) is 6.61 Å². The predicted octanol–water partition coefficient (Wildman–Crippen LogP) is 2.26. The molecule has 0 unspecified atom stereocenters. The monoisotopic (exact) mass is 324 g/mol. The summed E-state index contributed by atoms with van der Waals surface area (Å²) in [4.78, 5) is 22.1. The summed E-state index contributed by atoms with van der Waals surface area (Å²) in [5.41, 5.74) is 2.80. The second-order valence-corrected chi connectivity index (χ2v) is 4.49. The van der Waals surface area contributed by atoms with Crippen LogP contribution >= 0.6 is 0 Å². The van der Waals surface area contributed by atoms with E-state index < -0.39 is 10.8 Å². The molecule has 1 N–H and O–H groups in total. The number of non-ortho nitro benzene ring substituents is 1. The third kappa shape index (κ3) is 4.38. The molecular formula is C16H12N4O4. The Morgan fingerprint density at radius 2 is 2.12 bits per heavy atom. The Kier molecular flexibility index (Phi) is 5.58. The van der Waals surface area contributed by atoms with Crippen molar-refractivity contribution in [2.24, 2.45) is 5.10 Å². The number of benzene rings is 2. The summed E-state index contributed by atoms with van der Waals surface area (Å²) in [5, 5.41) is 23.1. The Morgan fingerprint density at radius 3 is 2.88 bits per heavy atom. The van der Waals surface area contributed by atoms with Crippen LogP contribution in [0.5, 0.6) is 5.75 Å². The number of carbonyl (C=O) groups excluding carboxylic acids is 1. The number of nitriles is 1. The number of hydrogen-bond acceptors (Lipinski definition) is 6. The van der Waals surface area contributed by atoms with Crippen molar-refractivity contribution in [1.82, 2.24) is 5.43 Å². The third-order valence-electron chi connectivity index (χ3n) is 2.90. The zero-order valence-electron chi connectivity index (χ0n) is 12.4. The van der Waals surface area contributed by atoms with Gasteiger partial charge in [-0.25, -0.2) is 5.43 Å². The van der Waals surface area contributed by atoms with E-state index in [0.717, 1.165) is 6.07 Å². The Balaban J connectivity index is 2.07. The van der Waals surface area contributed by atoms with Gasteiger partial charge in [-0.1, -0.05) is 18.2 Å². The molecule has 0 aliphatic rings. The Labute approximate surface area is 137 Å². The molecule has 2 aromatic rings. The van der Waals surface area contributed by atoms with E-state index >= 15 is 0 Å². The van der Waals surface area contributed by atoms with Crippen LogP contribution in [0, 0.1) is 21.4 Å². The number of nitro groups is 1. The van der Waals surface area contributed by atoms with Gasteiger partial charge in [-0.2, -0.15) is 10.4 Å². The lowest BCUT2D eigenvalue weighted by Gasteiger charge is -2.05. The van der Waals surface area contributed by atoms with E-state index in [4.69, 9.17) is 10.00 Å². The number of hydrogen-bond donors (Lipinski definition) is 1. The zero-order valence-corrected chi connectivity index (χ0v) is 12.4. The lowest BCUT2D eigenvalue weighted by atomic mass is 10.2. The molecule has 2 rings (SSSR count). The standard InChI is InChI=1S/C16H12N4O4/c17-8-9-24-15-7-2-1-4-13(15)11-18-19-16(21)12-5-3-6-14(10-12)20(22)23/h1-7,10-11H,9H2,(H,19,21). The van der Waals surface area contributed by atoms with Crippen LogP contribution in [0.2, 0.25) is 0 Å². The zero-order chi connectivity index (χ0) is 17.4. The summed E-state index contributed by atoms with van der Waals surface area (Å²) >= 11 is 0. The van der Waals surface area contributed by atoms with Gasteiger partial charge in [0.25, 0.3) is 11.6 Å². The van der Waals surface area contributed by atoms with Gasteiger partial charge in [0.15, 0.2) is 6.61 Å². The van der Waals surface area contributed by atoms with Crippen LogP contribution in [0.3, 0.4) is 0 Å². The molecular weight excluding hydrogens is 312 g/mol. The van der Waals surface area contributed by atoms with E-state index in [1.807, 2.05) is 6.07 Å². The second-order valence-electron chi connectivity index (χ2n) is 4.49. The van der Waals surface area contributed by atoms with Crippen LogP contribution in [0.1, 0.15) is 15.9 Å². The van der Waals surface area contributed by atoms with Gasteiger partial charge >= 0.3 is 0 Å². The second kappa shape index (κ2) is 8.05. The summed E-state index contributed by atoms with van der Waals surface area (Å²) < 4.78 is 5.23. The number of nitrogens with zero attached hydrogens (tertiary/aromatic N) is 3. The van der Waals surface area contributed by atoms with Crippen molar-refractivity contribution in [3.63, 3.8) is 0 Å². The molecule has 0 aliphatic carbocycles. The number of carbonyl (C=O) groups is 1. The molecule has 0 saturated carbocycles. The molecule has 8 heteroatoms. The molecule has 0 aliphatic heterocycles. The number of rotatable bonds is 6. The SMILES string of the molecule is N#CCOc1ccccc1C=NNC(=O)c1cccc([N+](=O)[O-])c1. The first-order valence-electron chi connectivity index (χ1n) is 6.78. The van der Waals surface area contributed by atoms with Crippen molar-refractivity contribution in [2.45, 2.75) is 0 Å². The molecule has 120 valence electrons. The fraction of sp³-hybridized carbons (Fsp3) is 0.0625. The highest BCUT2D eigenvalue weighted by Crippen LogP contribution is 2.16. The first kappa shape index (κ1) is 16.6. The summed E-state index contributed by atoms with van der Waals surface area (Å²) in [5.74, 6) is -0.127. The molecule has 1 amide bonds. The van der Waals surface area contributed by atoms with Gasteiger partial charge in [-0.3, -0.25) is 14.9 Å². The predicted molar refractivity (Wildman–Crippen MR) is 85.7 cm³/mol. The summed E-state index contributed by atoms with van der Waals surface area (Å²) in [6.45, 7) is -0.106. The minimum absolute atomic E-state index is 0.106. The number of hydrazone groups is 1. The topological polar surface area (TPSA) is 118 Å². The van der Waals surface area contributed by atoms with Gasteiger partial charge in [-0.15, -0.1) is 0 Å². The maximum absolute atomic E-state index is 11.9. The van der Waals surface area contributed by atoms with Gasteiger partial charge in [0.1, 0.15) is 11.8 Å². The molecule has 0 heterocycles. The lowest BCUT2D eigenvalue weighted by Crippen LogP contribution is -2.17. The van der Waals surface area contributed by atoms with Crippen molar-refractivity contribution < 1.29 is 14.5 Å². The molecule has 0 bridgehead atoms. The van der Waals surface area contributed by atoms with Crippen molar-refractivity contribution in [3.05, 3.63) is 69.8 Å². The van der Waals surface area contributed by atoms with Crippen molar-refractivity contribution >= 4 is 17.8 Å². The quantitative estimate of drug-likeness (QED) is 0.497. The first-order valence-corrected chi connectivity index (χ1v) is 6.78. The molecule has 0 aromatic heterocycles. The molecule has 8 nitrogen and oxygen atoms in total. The van der Waals surface area contributed by atoms with E-state index in [1.165, 1.54) is 24.4 Å². The van der Waals surface area contributed by atoms with Crippen LogP contribution in [0.15, 0.2) is 53.6 Å².